The van der Waals surface area contributed by atoms with Gasteiger partial charge in [0.05, 0.1) is 4.90 Å². The number of unbranched alkanes of at least 4 members (excludes halogenated alkanes) is 25. The zero-order valence-electron chi connectivity index (χ0n) is 26.0. The maximum absolute atomic E-state index is 11.1. The van der Waals surface area contributed by atoms with Crippen LogP contribution in [0.15, 0.2) is 29.2 Å². The number of hydrogen-bond acceptors (Lipinski definition) is 3. The van der Waals surface area contributed by atoms with Crippen molar-refractivity contribution < 1.29 is 64.4 Å². The van der Waals surface area contributed by atoms with Crippen molar-refractivity contribution in [2.45, 2.75) is 185 Å². The van der Waals surface area contributed by atoms with Crippen LogP contribution in [-0.2, 0) is 16.5 Å². The number of hydrogen-bond donors (Lipinski definition) is 0. The Labute approximate surface area is 286 Å². The largest absolute Gasteiger partial charge is 1.00 e. The molecule has 0 heterocycles. The van der Waals surface area contributed by atoms with Crippen LogP contribution in [0, 0.1) is 0 Å². The molecule has 1 aromatic carbocycles. The molecular weight excluding hydrogens is 528 g/mol. The van der Waals surface area contributed by atoms with Crippen molar-refractivity contribution in [2.24, 2.45) is 0 Å². The van der Waals surface area contributed by atoms with Crippen molar-refractivity contribution >= 4 is 10.1 Å². The van der Waals surface area contributed by atoms with Crippen molar-refractivity contribution in [1.82, 2.24) is 0 Å². The molecule has 0 N–H and O–H groups in total. The molecule has 0 saturated carbocycles. The van der Waals surface area contributed by atoms with Crippen LogP contribution in [0.4, 0.5) is 0 Å². The van der Waals surface area contributed by atoms with E-state index in [1.807, 2.05) is 6.07 Å². The quantitative estimate of drug-likeness (QED) is 0.0562. The van der Waals surface area contributed by atoms with Crippen LogP contribution in [0.2, 0.25) is 0 Å². The second-order valence-corrected chi connectivity index (χ2v) is 13.1. The number of aryl methyl sites for hydroxylation is 1. The van der Waals surface area contributed by atoms with Gasteiger partial charge in [-0.1, -0.05) is 180 Å². The molecule has 0 bridgehead atoms. The van der Waals surface area contributed by atoms with Crippen molar-refractivity contribution in [3.63, 3.8) is 0 Å². The fourth-order valence-corrected chi connectivity index (χ4v) is 6.04. The van der Waals surface area contributed by atoms with Crippen LogP contribution < -0.4 is 51.4 Å². The smallest absolute Gasteiger partial charge is 0.744 e. The van der Waals surface area contributed by atoms with E-state index >= 15 is 0 Å². The van der Waals surface area contributed by atoms with E-state index in [4.69, 9.17) is 0 Å². The van der Waals surface area contributed by atoms with E-state index in [9.17, 15) is 13.0 Å². The molecule has 0 aliphatic carbocycles. The maximum Gasteiger partial charge on any atom is 1.00 e. The molecule has 0 spiro atoms. The Balaban J connectivity index is 0.0000144. The third-order valence-corrected chi connectivity index (χ3v) is 8.84. The minimum Gasteiger partial charge on any atom is -0.744 e. The molecule has 3 nitrogen and oxygen atoms in total. The summed E-state index contributed by atoms with van der Waals surface area (Å²) < 4.78 is 33.4. The average molecular weight is 589 g/mol. The molecule has 0 aromatic heterocycles. The summed E-state index contributed by atoms with van der Waals surface area (Å²) in [4.78, 5) is -0.107. The van der Waals surface area contributed by atoms with Gasteiger partial charge in [0.15, 0.2) is 0 Å². The van der Waals surface area contributed by atoms with Crippen LogP contribution in [0.1, 0.15) is 179 Å². The average Bonchev–Trinajstić information content (AvgIpc) is 2.90. The van der Waals surface area contributed by atoms with E-state index < -0.39 is 10.1 Å². The fourth-order valence-electron chi connectivity index (χ4n) is 5.50. The van der Waals surface area contributed by atoms with Gasteiger partial charge in [-0.05, 0) is 30.5 Å². The molecule has 0 atom stereocenters. The van der Waals surface area contributed by atoms with Crippen LogP contribution in [0.25, 0.3) is 0 Å². The first-order valence-electron chi connectivity index (χ1n) is 16.6. The Bertz CT molecular complexity index is 751. The third kappa shape index (κ3) is 26.1. The molecule has 0 aliphatic heterocycles. The molecule has 1 aromatic rings. The molecule has 5 heteroatoms. The Hall–Kier alpha value is 0.766. The minimum atomic E-state index is -4.34. The molecule has 39 heavy (non-hydrogen) atoms. The summed E-state index contributed by atoms with van der Waals surface area (Å²) in [6.07, 6.45) is 37.1. The van der Waals surface area contributed by atoms with Gasteiger partial charge < -0.3 is 4.55 Å². The summed E-state index contributed by atoms with van der Waals surface area (Å²) in [5.41, 5.74) is 0.950. The summed E-state index contributed by atoms with van der Waals surface area (Å²) >= 11 is 0. The van der Waals surface area contributed by atoms with Crippen molar-refractivity contribution in [3.8, 4) is 0 Å². The topological polar surface area (TPSA) is 57.2 Å². The SMILES string of the molecule is CCCCCCCCCCCCCCCCCCCCCCCCCCCCc1cccc(S(=O)(=O)[O-])c1.[K+]. The van der Waals surface area contributed by atoms with E-state index in [2.05, 4.69) is 6.92 Å². The Morgan fingerprint density at radius 3 is 1.13 bits per heavy atom. The van der Waals surface area contributed by atoms with Crippen LogP contribution in [0.3, 0.4) is 0 Å². The molecule has 0 unspecified atom stereocenters. The van der Waals surface area contributed by atoms with Crippen molar-refractivity contribution in [3.05, 3.63) is 29.8 Å². The zero-order chi connectivity index (χ0) is 27.6. The predicted octanol–water partition coefficient (Wildman–Crippen LogP) is 8.30. The maximum atomic E-state index is 11.1. The zero-order valence-corrected chi connectivity index (χ0v) is 30.0. The first kappa shape index (κ1) is 39.8. The molecule has 0 fully saturated rings. The van der Waals surface area contributed by atoms with E-state index in [0.717, 1.165) is 18.4 Å². The van der Waals surface area contributed by atoms with Gasteiger partial charge in [0.25, 0.3) is 0 Å². The summed E-state index contributed by atoms with van der Waals surface area (Å²) in [5.74, 6) is 0. The minimum absolute atomic E-state index is 0. The predicted molar refractivity (Wildman–Crippen MR) is 164 cm³/mol. The van der Waals surface area contributed by atoms with Crippen LogP contribution >= 0.6 is 0 Å². The van der Waals surface area contributed by atoms with Gasteiger partial charge in [-0.15, -0.1) is 0 Å². The normalized spacial score (nSPS) is 11.5. The van der Waals surface area contributed by atoms with E-state index in [-0.39, 0.29) is 56.3 Å². The van der Waals surface area contributed by atoms with Crippen molar-refractivity contribution in [2.75, 3.05) is 0 Å². The summed E-state index contributed by atoms with van der Waals surface area (Å²) in [6.45, 7) is 2.29. The first-order chi connectivity index (χ1) is 18.5. The van der Waals surface area contributed by atoms with Crippen molar-refractivity contribution in [1.29, 1.82) is 0 Å². The summed E-state index contributed by atoms with van der Waals surface area (Å²) in [7, 11) is -4.34. The van der Waals surface area contributed by atoms with Crippen LogP contribution in [-0.4, -0.2) is 13.0 Å². The Morgan fingerprint density at radius 1 is 0.513 bits per heavy atom. The van der Waals surface area contributed by atoms with Gasteiger partial charge in [0, 0.05) is 0 Å². The standard InChI is InChI=1S/C34H62O3S.K/c1-2-3-4-5-6-7-8-9-10-11-12-13-14-15-16-17-18-19-20-21-22-23-24-25-26-27-29-33-30-28-31-34(32-33)38(35,36)37;/h28,30-32H,2-27,29H2,1H3,(H,35,36,37);/q;+1/p-1. The molecule has 222 valence electrons. The fraction of sp³-hybridized carbons (Fsp3) is 0.824. The molecule has 1 rings (SSSR count). The number of rotatable bonds is 28. The van der Waals surface area contributed by atoms with Gasteiger partial charge in [-0.2, -0.15) is 0 Å². The first-order valence-corrected chi connectivity index (χ1v) is 18.0. The van der Waals surface area contributed by atoms with E-state index in [1.54, 1.807) is 6.07 Å². The van der Waals surface area contributed by atoms with E-state index in [1.165, 1.54) is 173 Å². The van der Waals surface area contributed by atoms with Crippen LogP contribution in [0.5, 0.6) is 0 Å². The summed E-state index contributed by atoms with van der Waals surface area (Å²) in [5, 5.41) is 0. The third-order valence-electron chi connectivity index (χ3n) is 8.01. The molecule has 0 amide bonds. The van der Waals surface area contributed by atoms with Gasteiger partial charge >= 0.3 is 51.4 Å². The Morgan fingerprint density at radius 2 is 0.821 bits per heavy atom. The second-order valence-electron chi connectivity index (χ2n) is 11.7. The van der Waals surface area contributed by atoms with Gasteiger partial charge in [-0.3, -0.25) is 0 Å². The Kier molecular flexibility index (Phi) is 29.4. The molecule has 0 radical (unpaired) electrons. The number of benzene rings is 1. The van der Waals surface area contributed by atoms with Gasteiger partial charge in [0.2, 0.25) is 0 Å². The van der Waals surface area contributed by atoms with E-state index in [0.29, 0.717) is 0 Å². The molecule has 0 aliphatic rings. The second kappa shape index (κ2) is 28.9. The monoisotopic (exact) mass is 588 g/mol. The molecule has 0 saturated heterocycles. The van der Waals surface area contributed by atoms with Gasteiger partial charge in [-0.25, -0.2) is 8.42 Å². The van der Waals surface area contributed by atoms with Gasteiger partial charge in [0.1, 0.15) is 10.1 Å². The molecular formula is C34H61KO3S. The summed E-state index contributed by atoms with van der Waals surface area (Å²) in [6, 6.07) is 6.49.